The molecule has 138 valence electrons. The Morgan fingerprint density at radius 2 is 1.92 bits per heavy atom. The number of carbonyl (C=O) groups excluding carboxylic acids is 1. The molecule has 0 spiro atoms. The highest BCUT2D eigenvalue weighted by atomic mass is 19.1. The highest BCUT2D eigenvalue weighted by Crippen LogP contribution is 2.26. The first-order valence-corrected chi connectivity index (χ1v) is 9.02. The Balaban J connectivity index is 1.38. The molecule has 3 rings (SSSR count). The minimum atomic E-state index is -0.249. The normalized spacial score (nSPS) is 15.7. The van der Waals surface area contributed by atoms with Crippen LogP contribution in [0.25, 0.3) is 0 Å². The summed E-state index contributed by atoms with van der Waals surface area (Å²) in [5, 5.41) is 2.92. The number of aromatic nitrogens is 1. The van der Waals surface area contributed by atoms with E-state index < -0.39 is 0 Å². The summed E-state index contributed by atoms with van der Waals surface area (Å²) >= 11 is 0. The van der Waals surface area contributed by atoms with Gasteiger partial charge in [-0.1, -0.05) is 12.1 Å². The molecule has 6 heteroatoms. The SMILES string of the molecule is O=C(CN1CCC(c2cc[nH]c(=O)c2)CC1)NCCc1ccc(F)cc1. The molecule has 26 heavy (non-hydrogen) atoms. The maximum Gasteiger partial charge on any atom is 0.248 e. The second-order valence-corrected chi connectivity index (χ2v) is 6.76. The van der Waals surface area contributed by atoms with Crippen LogP contribution in [-0.2, 0) is 11.2 Å². The predicted octanol–water partition coefficient (Wildman–Crippen LogP) is 2.05. The molecule has 2 N–H and O–H groups in total. The number of pyridine rings is 1. The molecule has 2 aromatic rings. The lowest BCUT2D eigenvalue weighted by molar-refractivity contribution is -0.122. The fraction of sp³-hybridized carbons (Fsp3) is 0.400. The lowest BCUT2D eigenvalue weighted by Crippen LogP contribution is -2.41. The fourth-order valence-corrected chi connectivity index (χ4v) is 3.40. The van der Waals surface area contributed by atoms with Crippen molar-refractivity contribution in [3.8, 4) is 0 Å². The maximum absolute atomic E-state index is 12.9. The van der Waals surface area contributed by atoms with Crippen LogP contribution in [0.4, 0.5) is 4.39 Å². The Hall–Kier alpha value is -2.47. The van der Waals surface area contributed by atoms with Crippen LogP contribution >= 0.6 is 0 Å². The van der Waals surface area contributed by atoms with Gasteiger partial charge in [-0.3, -0.25) is 14.5 Å². The van der Waals surface area contributed by atoms with Crippen molar-refractivity contribution in [1.29, 1.82) is 0 Å². The summed E-state index contributed by atoms with van der Waals surface area (Å²) in [6, 6.07) is 9.97. The highest BCUT2D eigenvalue weighted by Gasteiger charge is 2.22. The summed E-state index contributed by atoms with van der Waals surface area (Å²) in [7, 11) is 0. The summed E-state index contributed by atoms with van der Waals surface area (Å²) in [5.41, 5.74) is 2.02. The lowest BCUT2D eigenvalue weighted by atomic mass is 9.90. The third-order valence-corrected chi connectivity index (χ3v) is 4.87. The van der Waals surface area contributed by atoms with Gasteiger partial charge in [0.25, 0.3) is 0 Å². The topological polar surface area (TPSA) is 65.2 Å². The van der Waals surface area contributed by atoms with E-state index in [1.807, 2.05) is 6.07 Å². The van der Waals surface area contributed by atoms with Crippen LogP contribution < -0.4 is 10.9 Å². The summed E-state index contributed by atoms with van der Waals surface area (Å²) in [6.07, 6.45) is 4.29. The van der Waals surface area contributed by atoms with Crippen LogP contribution in [0.15, 0.2) is 47.4 Å². The van der Waals surface area contributed by atoms with Gasteiger partial charge in [-0.05, 0) is 67.6 Å². The van der Waals surface area contributed by atoms with Gasteiger partial charge in [0.05, 0.1) is 6.54 Å². The molecule has 1 aromatic heterocycles. The first kappa shape index (κ1) is 18.3. The molecular formula is C20H24FN3O2. The van der Waals surface area contributed by atoms with Crippen molar-refractivity contribution >= 4 is 5.91 Å². The average molecular weight is 357 g/mol. The van der Waals surface area contributed by atoms with Crippen LogP contribution in [0.5, 0.6) is 0 Å². The van der Waals surface area contributed by atoms with Gasteiger partial charge in [-0.15, -0.1) is 0 Å². The smallest absolute Gasteiger partial charge is 0.248 e. The zero-order chi connectivity index (χ0) is 18.4. The Morgan fingerprint density at radius 1 is 1.19 bits per heavy atom. The quantitative estimate of drug-likeness (QED) is 0.832. The van der Waals surface area contributed by atoms with Crippen LogP contribution in [0.2, 0.25) is 0 Å². The average Bonchev–Trinajstić information content (AvgIpc) is 2.64. The minimum absolute atomic E-state index is 0.0155. The Bertz CT molecular complexity index is 780. The summed E-state index contributed by atoms with van der Waals surface area (Å²) in [4.78, 5) is 28.3. The number of rotatable bonds is 6. The molecule has 0 aliphatic carbocycles. The zero-order valence-corrected chi connectivity index (χ0v) is 14.7. The monoisotopic (exact) mass is 357 g/mol. The molecule has 0 saturated carbocycles. The van der Waals surface area contributed by atoms with Crippen LogP contribution in [0.1, 0.15) is 29.9 Å². The molecule has 1 amide bonds. The molecule has 5 nitrogen and oxygen atoms in total. The van der Waals surface area contributed by atoms with Crippen LogP contribution in [-0.4, -0.2) is 42.0 Å². The third-order valence-electron chi connectivity index (χ3n) is 4.87. The number of amides is 1. The number of carbonyl (C=O) groups is 1. The predicted molar refractivity (Wildman–Crippen MR) is 98.6 cm³/mol. The second-order valence-electron chi connectivity index (χ2n) is 6.76. The van der Waals surface area contributed by atoms with Gasteiger partial charge in [0.15, 0.2) is 0 Å². The van der Waals surface area contributed by atoms with E-state index in [9.17, 15) is 14.0 Å². The zero-order valence-electron chi connectivity index (χ0n) is 14.7. The number of hydrogen-bond acceptors (Lipinski definition) is 3. The molecule has 0 radical (unpaired) electrons. The molecule has 0 atom stereocenters. The van der Waals surface area contributed by atoms with E-state index in [0.717, 1.165) is 37.1 Å². The van der Waals surface area contributed by atoms with E-state index in [1.165, 1.54) is 12.1 Å². The molecule has 1 fully saturated rings. The number of halogens is 1. The fourth-order valence-electron chi connectivity index (χ4n) is 3.40. The molecule has 1 aliphatic heterocycles. The van der Waals surface area contributed by atoms with Gasteiger partial charge in [0, 0.05) is 18.8 Å². The molecule has 0 bridgehead atoms. The van der Waals surface area contributed by atoms with Crippen molar-refractivity contribution in [1.82, 2.24) is 15.2 Å². The van der Waals surface area contributed by atoms with E-state index >= 15 is 0 Å². The summed E-state index contributed by atoms with van der Waals surface area (Å²) in [5.74, 6) is 0.151. The van der Waals surface area contributed by atoms with Crippen molar-refractivity contribution < 1.29 is 9.18 Å². The van der Waals surface area contributed by atoms with Crippen molar-refractivity contribution in [2.45, 2.75) is 25.2 Å². The standard InChI is InChI=1S/C20H24FN3O2/c21-18-3-1-15(2-4-18)5-9-23-20(26)14-24-11-7-16(8-12-24)17-6-10-22-19(25)13-17/h1-4,6,10,13,16H,5,7-9,11-12,14H2,(H,22,25)(H,23,26). The number of H-pyrrole nitrogens is 1. The lowest BCUT2D eigenvalue weighted by Gasteiger charge is -2.31. The van der Waals surface area contributed by atoms with Gasteiger partial charge >= 0.3 is 0 Å². The molecule has 2 heterocycles. The van der Waals surface area contributed by atoms with E-state index in [2.05, 4.69) is 15.2 Å². The first-order chi connectivity index (χ1) is 12.6. The van der Waals surface area contributed by atoms with Gasteiger partial charge in [-0.2, -0.15) is 0 Å². The molecular weight excluding hydrogens is 333 g/mol. The Labute approximate surface area is 152 Å². The first-order valence-electron chi connectivity index (χ1n) is 9.02. The van der Waals surface area contributed by atoms with E-state index in [4.69, 9.17) is 0 Å². The van der Waals surface area contributed by atoms with Gasteiger partial charge in [-0.25, -0.2) is 4.39 Å². The number of nitrogens with zero attached hydrogens (tertiary/aromatic N) is 1. The van der Waals surface area contributed by atoms with E-state index in [1.54, 1.807) is 24.4 Å². The number of nitrogens with one attached hydrogen (secondary N) is 2. The van der Waals surface area contributed by atoms with Crippen LogP contribution in [0.3, 0.4) is 0 Å². The third kappa shape index (κ3) is 5.26. The van der Waals surface area contributed by atoms with Crippen molar-refractivity contribution in [2.24, 2.45) is 0 Å². The van der Waals surface area contributed by atoms with E-state index in [0.29, 0.717) is 25.4 Å². The number of benzene rings is 1. The highest BCUT2D eigenvalue weighted by molar-refractivity contribution is 5.78. The largest absolute Gasteiger partial charge is 0.355 e. The molecule has 0 unspecified atom stereocenters. The van der Waals surface area contributed by atoms with Gasteiger partial charge in [0.1, 0.15) is 5.82 Å². The van der Waals surface area contributed by atoms with Crippen molar-refractivity contribution in [3.63, 3.8) is 0 Å². The number of aromatic amines is 1. The number of hydrogen-bond donors (Lipinski definition) is 2. The number of piperidine rings is 1. The van der Waals surface area contributed by atoms with E-state index in [-0.39, 0.29) is 17.3 Å². The van der Waals surface area contributed by atoms with Crippen molar-refractivity contribution in [2.75, 3.05) is 26.2 Å². The van der Waals surface area contributed by atoms with Gasteiger partial charge in [0.2, 0.25) is 11.5 Å². The van der Waals surface area contributed by atoms with Crippen molar-refractivity contribution in [3.05, 3.63) is 69.9 Å². The molecule has 1 aliphatic rings. The Kier molecular flexibility index (Phi) is 6.17. The molecule has 1 aromatic carbocycles. The second kappa shape index (κ2) is 8.76. The number of likely N-dealkylation sites (tertiary alicyclic amines) is 1. The van der Waals surface area contributed by atoms with Crippen LogP contribution in [0, 0.1) is 5.82 Å². The van der Waals surface area contributed by atoms with Gasteiger partial charge < -0.3 is 10.3 Å². The molecule has 1 saturated heterocycles. The summed E-state index contributed by atoms with van der Waals surface area (Å²) < 4.78 is 12.9. The maximum atomic E-state index is 12.9. The summed E-state index contributed by atoms with van der Waals surface area (Å²) in [6.45, 7) is 2.64. The Morgan fingerprint density at radius 3 is 2.62 bits per heavy atom. The minimum Gasteiger partial charge on any atom is -0.355 e.